The van der Waals surface area contributed by atoms with Gasteiger partial charge in [0.25, 0.3) is 0 Å². The van der Waals surface area contributed by atoms with Crippen molar-refractivity contribution in [1.82, 2.24) is 14.9 Å². The Morgan fingerprint density at radius 2 is 1.95 bits per heavy atom. The fourth-order valence-electron chi connectivity index (χ4n) is 2.48. The molecule has 1 aliphatic heterocycles. The fraction of sp³-hybridized carbons (Fsp3) is 0.733. The number of hydrogen-bond donors (Lipinski definition) is 1. The molecule has 1 aromatic heterocycles. The van der Waals surface area contributed by atoms with Gasteiger partial charge < -0.3 is 10.2 Å². The molecule has 4 nitrogen and oxygen atoms in total. The Morgan fingerprint density at radius 3 is 2.63 bits per heavy atom. The standard InChI is InChI=1S/C15H26N4/c1-12(2)14-11-13(3)17-15(18-14)16-7-10-19-8-5-4-6-9-19/h11-12H,4-10H2,1-3H3,(H,16,17,18). The predicted octanol–water partition coefficient (Wildman–Crippen LogP) is 2.81. The molecule has 2 rings (SSSR count). The van der Waals surface area contributed by atoms with Crippen molar-refractivity contribution in [2.24, 2.45) is 0 Å². The van der Waals surface area contributed by atoms with Gasteiger partial charge in [-0.15, -0.1) is 0 Å². The fourth-order valence-corrected chi connectivity index (χ4v) is 2.48. The number of likely N-dealkylation sites (tertiary alicyclic amines) is 1. The maximum absolute atomic E-state index is 4.57. The van der Waals surface area contributed by atoms with Crippen LogP contribution in [-0.2, 0) is 0 Å². The maximum atomic E-state index is 4.57. The molecule has 0 aromatic carbocycles. The summed E-state index contributed by atoms with van der Waals surface area (Å²) in [6, 6.07) is 2.07. The van der Waals surface area contributed by atoms with Gasteiger partial charge in [-0.2, -0.15) is 0 Å². The van der Waals surface area contributed by atoms with Crippen molar-refractivity contribution in [3.05, 3.63) is 17.5 Å². The van der Waals surface area contributed by atoms with Crippen LogP contribution in [0.1, 0.15) is 50.4 Å². The van der Waals surface area contributed by atoms with E-state index in [9.17, 15) is 0 Å². The Labute approximate surface area is 116 Å². The topological polar surface area (TPSA) is 41.1 Å². The van der Waals surface area contributed by atoms with E-state index in [4.69, 9.17) is 0 Å². The van der Waals surface area contributed by atoms with Crippen LogP contribution in [0.3, 0.4) is 0 Å². The van der Waals surface area contributed by atoms with Gasteiger partial charge in [0, 0.05) is 24.5 Å². The van der Waals surface area contributed by atoms with Gasteiger partial charge in [-0.1, -0.05) is 20.3 Å². The summed E-state index contributed by atoms with van der Waals surface area (Å²) in [6.45, 7) is 10.9. The Hall–Kier alpha value is -1.16. The van der Waals surface area contributed by atoms with Gasteiger partial charge in [0.15, 0.2) is 0 Å². The maximum Gasteiger partial charge on any atom is 0.223 e. The Balaban J connectivity index is 1.84. The second kappa shape index (κ2) is 6.85. The van der Waals surface area contributed by atoms with E-state index in [1.54, 1.807) is 0 Å². The highest BCUT2D eigenvalue weighted by Gasteiger charge is 2.10. The van der Waals surface area contributed by atoms with Gasteiger partial charge in [0.1, 0.15) is 0 Å². The largest absolute Gasteiger partial charge is 0.353 e. The van der Waals surface area contributed by atoms with Crippen molar-refractivity contribution in [2.75, 3.05) is 31.5 Å². The first-order valence-electron chi connectivity index (χ1n) is 7.47. The van der Waals surface area contributed by atoms with Gasteiger partial charge in [-0.05, 0) is 44.8 Å². The molecule has 0 bridgehead atoms. The van der Waals surface area contributed by atoms with Crippen molar-refractivity contribution in [1.29, 1.82) is 0 Å². The number of nitrogens with zero attached hydrogens (tertiary/aromatic N) is 3. The van der Waals surface area contributed by atoms with Crippen molar-refractivity contribution < 1.29 is 0 Å². The van der Waals surface area contributed by atoms with Crippen LogP contribution in [0.5, 0.6) is 0 Å². The van der Waals surface area contributed by atoms with Crippen LogP contribution in [0.4, 0.5) is 5.95 Å². The number of anilines is 1. The predicted molar refractivity (Wildman–Crippen MR) is 79.6 cm³/mol. The van der Waals surface area contributed by atoms with Crippen LogP contribution in [0, 0.1) is 6.92 Å². The van der Waals surface area contributed by atoms with Crippen LogP contribution < -0.4 is 5.32 Å². The first kappa shape index (κ1) is 14.3. The second-order valence-electron chi connectivity index (χ2n) is 5.74. The van der Waals surface area contributed by atoms with Crippen molar-refractivity contribution in [2.45, 2.75) is 46.0 Å². The summed E-state index contributed by atoms with van der Waals surface area (Å²) in [5, 5.41) is 3.36. The molecule has 19 heavy (non-hydrogen) atoms. The third-order valence-electron chi connectivity index (χ3n) is 3.63. The highest BCUT2D eigenvalue weighted by atomic mass is 15.2. The molecule has 0 spiro atoms. The Bertz CT molecular complexity index is 397. The summed E-state index contributed by atoms with van der Waals surface area (Å²) in [4.78, 5) is 11.6. The lowest BCUT2D eigenvalue weighted by atomic mass is 10.1. The van der Waals surface area contributed by atoms with E-state index >= 15 is 0 Å². The molecule has 1 aromatic rings. The van der Waals surface area contributed by atoms with Gasteiger partial charge in [0.05, 0.1) is 0 Å². The van der Waals surface area contributed by atoms with Crippen molar-refractivity contribution >= 4 is 5.95 Å². The minimum atomic E-state index is 0.448. The minimum absolute atomic E-state index is 0.448. The number of aryl methyl sites for hydroxylation is 1. The van der Waals surface area contributed by atoms with E-state index in [1.165, 1.54) is 32.4 Å². The molecule has 4 heteroatoms. The third kappa shape index (κ3) is 4.46. The highest BCUT2D eigenvalue weighted by Crippen LogP contribution is 2.14. The van der Waals surface area contributed by atoms with Crippen LogP contribution >= 0.6 is 0 Å². The highest BCUT2D eigenvalue weighted by molar-refractivity contribution is 5.29. The van der Waals surface area contributed by atoms with Crippen LogP contribution in [0.2, 0.25) is 0 Å². The molecular weight excluding hydrogens is 236 g/mol. The molecule has 1 aliphatic rings. The Kier molecular flexibility index (Phi) is 5.14. The number of piperidine rings is 1. The number of rotatable bonds is 5. The molecule has 1 N–H and O–H groups in total. The number of hydrogen-bond acceptors (Lipinski definition) is 4. The van der Waals surface area contributed by atoms with Crippen LogP contribution in [0.15, 0.2) is 6.07 Å². The monoisotopic (exact) mass is 262 g/mol. The Morgan fingerprint density at radius 1 is 1.21 bits per heavy atom. The van der Waals surface area contributed by atoms with Gasteiger partial charge >= 0.3 is 0 Å². The summed E-state index contributed by atoms with van der Waals surface area (Å²) < 4.78 is 0. The molecule has 106 valence electrons. The molecule has 2 heterocycles. The summed E-state index contributed by atoms with van der Waals surface area (Å²) in [5.41, 5.74) is 2.16. The zero-order valence-electron chi connectivity index (χ0n) is 12.4. The van der Waals surface area contributed by atoms with Gasteiger partial charge in [0.2, 0.25) is 5.95 Å². The molecular formula is C15H26N4. The van der Waals surface area contributed by atoms with Crippen molar-refractivity contribution in [3.63, 3.8) is 0 Å². The average Bonchev–Trinajstić information content (AvgIpc) is 2.39. The molecule has 0 amide bonds. The zero-order valence-corrected chi connectivity index (χ0v) is 12.4. The molecule has 1 saturated heterocycles. The molecule has 0 unspecified atom stereocenters. The van der Waals surface area contributed by atoms with E-state index in [-0.39, 0.29) is 0 Å². The minimum Gasteiger partial charge on any atom is -0.353 e. The first-order valence-corrected chi connectivity index (χ1v) is 7.47. The number of nitrogens with one attached hydrogen (secondary N) is 1. The van der Waals surface area contributed by atoms with E-state index in [0.717, 1.165) is 30.4 Å². The van der Waals surface area contributed by atoms with E-state index in [2.05, 4.69) is 40.1 Å². The van der Waals surface area contributed by atoms with Gasteiger partial charge in [-0.25, -0.2) is 9.97 Å². The number of aromatic nitrogens is 2. The summed E-state index contributed by atoms with van der Waals surface area (Å²) >= 11 is 0. The van der Waals surface area contributed by atoms with Crippen LogP contribution in [0.25, 0.3) is 0 Å². The zero-order chi connectivity index (χ0) is 13.7. The molecule has 0 aliphatic carbocycles. The third-order valence-corrected chi connectivity index (χ3v) is 3.63. The van der Waals surface area contributed by atoms with Gasteiger partial charge in [-0.3, -0.25) is 0 Å². The van der Waals surface area contributed by atoms with E-state index in [0.29, 0.717) is 5.92 Å². The molecule has 0 atom stereocenters. The lowest BCUT2D eigenvalue weighted by Gasteiger charge is -2.26. The normalized spacial score (nSPS) is 16.8. The summed E-state index contributed by atoms with van der Waals surface area (Å²) in [6.07, 6.45) is 4.08. The smallest absolute Gasteiger partial charge is 0.223 e. The molecule has 0 radical (unpaired) electrons. The first-order chi connectivity index (χ1) is 9.15. The summed E-state index contributed by atoms with van der Waals surface area (Å²) in [5.74, 6) is 1.23. The summed E-state index contributed by atoms with van der Waals surface area (Å²) in [7, 11) is 0. The molecule has 0 saturated carbocycles. The lowest BCUT2D eigenvalue weighted by molar-refractivity contribution is 0.237. The van der Waals surface area contributed by atoms with Crippen LogP contribution in [-0.4, -0.2) is 41.0 Å². The molecule has 1 fully saturated rings. The quantitative estimate of drug-likeness (QED) is 0.886. The van der Waals surface area contributed by atoms with Crippen molar-refractivity contribution in [3.8, 4) is 0 Å². The SMILES string of the molecule is Cc1cc(C(C)C)nc(NCCN2CCCCC2)n1. The lowest BCUT2D eigenvalue weighted by Crippen LogP contribution is -2.33. The van der Waals surface area contributed by atoms with E-state index in [1.807, 2.05) is 6.92 Å². The van der Waals surface area contributed by atoms with E-state index < -0.39 is 0 Å². The second-order valence-corrected chi connectivity index (χ2v) is 5.74. The average molecular weight is 262 g/mol.